The Kier molecular flexibility index (Phi) is 5.20. The molecule has 2 atom stereocenters. The van der Waals surface area contributed by atoms with Crippen molar-refractivity contribution in [2.24, 2.45) is 11.3 Å². The third-order valence-corrected chi connectivity index (χ3v) is 5.55. The summed E-state index contributed by atoms with van der Waals surface area (Å²) in [6, 6.07) is 12.1. The number of rotatable bonds is 4. The molecule has 3 rings (SSSR count). The average molecular weight is 381 g/mol. The fourth-order valence-corrected chi connectivity index (χ4v) is 4.32. The Morgan fingerprint density at radius 3 is 2.57 bits per heavy atom. The van der Waals surface area contributed by atoms with Crippen molar-refractivity contribution in [3.8, 4) is 11.5 Å². The Morgan fingerprint density at radius 1 is 1.21 bits per heavy atom. The molecule has 1 N–H and O–H groups in total. The van der Waals surface area contributed by atoms with Gasteiger partial charge in [-0.1, -0.05) is 37.6 Å². The van der Waals surface area contributed by atoms with E-state index in [0.29, 0.717) is 17.9 Å². The summed E-state index contributed by atoms with van der Waals surface area (Å²) < 4.78 is 5.44. The summed E-state index contributed by atoms with van der Waals surface area (Å²) in [6.45, 7) is 7.72. The minimum atomic E-state index is -0.888. The van der Waals surface area contributed by atoms with Crippen molar-refractivity contribution in [2.75, 3.05) is 12.0 Å². The van der Waals surface area contributed by atoms with Crippen LogP contribution in [0.1, 0.15) is 43.1 Å². The molecule has 2 aromatic carbocycles. The van der Waals surface area contributed by atoms with E-state index in [2.05, 4.69) is 0 Å². The number of aryl methyl sites for hydroxylation is 1. The predicted octanol–water partition coefficient (Wildman–Crippen LogP) is 4.36. The lowest BCUT2D eigenvalue weighted by atomic mass is 9.67. The number of ketones is 1. The van der Waals surface area contributed by atoms with E-state index >= 15 is 0 Å². The van der Waals surface area contributed by atoms with Crippen LogP contribution in [-0.2, 0) is 4.79 Å². The van der Waals surface area contributed by atoms with E-state index in [1.807, 2.05) is 45.9 Å². The molecular weight excluding hydrogens is 354 g/mol. The summed E-state index contributed by atoms with van der Waals surface area (Å²) in [5.74, 6) is -1.00. The molecular formula is C23H27NO4. The Morgan fingerprint density at radius 2 is 1.89 bits per heavy atom. The number of anilines is 1. The second kappa shape index (κ2) is 7.30. The van der Waals surface area contributed by atoms with Crippen molar-refractivity contribution in [1.82, 2.24) is 0 Å². The van der Waals surface area contributed by atoms with Gasteiger partial charge < -0.3 is 14.7 Å². The van der Waals surface area contributed by atoms with Crippen molar-refractivity contribution < 1.29 is 19.4 Å². The first-order valence-electron chi connectivity index (χ1n) is 9.47. The van der Waals surface area contributed by atoms with Crippen LogP contribution in [0.4, 0.5) is 5.69 Å². The molecule has 1 saturated heterocycles. The summed E-state index contributed by atoms with van der Waals surface area (Å²) in [6.07, 6.45) is 0.653. The molecule has 1 amide bonds. The number of amides is 1. The van der Waals surface area contributed by atoms with Crippen LogP contribution < -0.4 is 9.64 Å². The molecule has 0 aromatic heterocycles. The summed E-state index contributed by atoms with van der Waals surface area (Å²) in [4.78, 5) is 28.7. The number of carbonyl (C=O) groups excluding carboxylic acids is 2. The number of ether oxygens (including phenoxy) is 1. The number of hydrogen-bond acceptors (Lipinski definition) is 4. The first kappa shape index (κ1) is 19.9. The molecule has 5 heteroatoms. The second-order valence-electron chi connectivity index (χ2n) is 8.24. The van der Waals surface area contributed by atoms with Crippen LogP contribution in [0.5, 0.6) is 11.5 Å². The van der Waals surface area contributed by atoms with Gasteiger partial charge in [0.1, 0.15) is 17.4 Å². The molecule has 5 nitrogen and oxygen atoms in total. The van der Waals surface area contributed by atoms with Gasteiger partial charge in [-0.15, -0.1) is 0 Å². The highest BCUT2D eigenvalue weighted by atomic mass is 16.5. The van der Waals surface area contributed by atoms with Gasteiger partial charge in [0.05, 0.1) is 18.4 Å². The smallest absolute Gasteiger partial charge is 0.238 e. The number of aromatic hydroxyl groups is 1. The lowest BCUT2D eigenvalue weighted by Gasteiger charge is -2.46. The van der Waals surface area contributed by atoms with E-state index in [1.54, 1.807) is 30.2 Å². The number of methoxy groups -OCH3 is 1. The standard InChI is InChI=1S/C23H27NO4/c1-14-10-11-18(25)16(12-14)21(26)20-22(27)24(15(2)13-23(20,3)4)17-8-6-7-9-19(17)28-5/h6-12,15,20,25H,13H2,1-5H3. The minimum absolute atomic E-state index is 0.0889. The molecule has 0 saturated carbocycles. The van der Waals surface area contributed by atoms with Crippen LogP contribution >= 0.6 is 0 Å². The van der Waals surface area contributed by atoms with E-state index in [-0.39, 0.29) is 29.0 Å². The van der Waals surface area contributed by atoms with Gasteiger partial charge >= 0.3 is 0 Å². The van der Waals surface area contributed by atoms with Crippen LogP contribution in [0.3, 0.4) is 0 Å². The largest absolute Gasteiger partial charge is 0.507 e. The molecule has 1 aliphatic rings. The number of carbonyl (C=O) groups is 2. The van der Waals surface area contributed by atoms with Gasteiger partial charge in [-0.2, -0.15) is 0 Å². The monoisotopic (exact) mass is 381 g/mol. The third kappa shape index (κ3) is 3.37. The van der Waals surface area contributed by atoms with Gasteiger partial charge in [-0.25, -0.2) is 0 Å². The van der Waals surface area contributed by atoms with Crippen LogP contribution in [0.2, 0.25) is 0 Å². The zero-order valence-electron chi connectivity index (χ0n) is 17.0. The number of phenolic OH excluding ortho intramolecular Hbond substituents is 1. The first-order valence-corrected chi connectivity index (χ1v) is 9.47. The fourth-order valence-electron chi connectivity index (χ4n) is 4.32. The van der Waals surface area contributed by atoms with Gasteiger partial charge in [0.15, 0.2) is 5.78 Å². The topological polar surface area (TPSA) is 66.8 Å². The highest BCUT2D eigenvalue weighted by Crippen LogP contribution is 2.45. The molecule has 148 valence electrons. The van der Waals surface area contributed by atoms with Crippen molar-refractivity contribution >= 4 is 17.4 Å². The maximum Gasteiger partial charge on any atom is 0.238 e. The Labute approximate surface area is 165 Å². The van der Waals surface area contributed by atoms with Crippen molar-refractivity contribution in [3.63, 3.8) is 0 Å². The quantitative estimate of drug-likeness (QED) is 0.631. The lowest BCUT2D eigenvalue weighted by Crippen LogP contribution is -2.56. The Bertz CT molecular complexity index is 919. The molecule has 2 unspecified atom stereocenters. The number of phenols is 1. The number of hydrogen-bond donors (Lipinski definition) is 1. The van der Waals surface area contributed by atoms with E-state index in [4.69, 9.17) is 4.74 Å². The Hall–Kier alpha value is -2.82. The van der Waals surface area contributed by atoms with Gasteiger partial charge in [-0.05, 0) is 49.9 Å². The number of piperidine rings is 1. The molecule has 0 radical (unpaired) electrons. The number of nitrogens with zero attached hydrogens (tertiary/aromatic N) is 1. The fraction of sp³-hybridized carbons (Fsp3) is 0.391. The van der Waals surface area contributed by atoms with Gasteiger partial charge in [0, 0.05) is 6.04 Å². The van der Waals surface area contributed by atoms with Gasteiger partial charge in [-0.3, -0.25) is 9.59 Å². The van der Waals surface area contributed by atoms with Crippen LogP contribution in [0.25, 0.3) is 0 Å². The van der Waals surface area contributed by atoms with Crippen LogP contribution in [0.15, 0.2) is 42.5 Å². The molecule has 2 aromatic rings. The summed E-state index contributed by atoms with van der Waals surface area (Å²) in [5, 5.41) is 10.2. The molecule has 28 heavy (non-hydrogen) atoms. The maximum absolute atomic E-state index is 13.6. The normalized spacial score (nSPS) is 21.5. The average Bonchev–Trinajstić information content (AvgIpc) is 2.62. The minimum Gasteiger partial charge on any atom is -0.507 e. The number of benzene rings is 2. The van der Waals surface area contributed by atoms with Crippen molar-refractivity contribution in [3.05, 3.63) is 53.6 Å². The van der Waals surface area contributed by atoms with Gasteiger partial charge in [0.25, 0.3) is 0 Å². The van der Waals surface area contributed by atoms with Gasteiger partial charge in [0.2, 0.25) is 5.91 Å². The van der Waals surface area contributed by atoms with Crippen molar-refractivity contribution in [2.45, 2.75) is 40.2 Å². The molecule has 0 bridgehead atoms. The SMILES string of the molecule is COc1ccccc1N1C(=O)C(C(=O)c2cc(C)ccc2O)C(C)(C)CC1C. The summed E-state index contributed by atoms with van der Waals surface area (Å²) in [7, 11) is 1.56. The molecule has 1 fully saturated rings. The maximum atomic E-state index is 13.6. The molecule has 1 aliphatic heterocycles. The summed E-state index contributed by atoms with van der Waals surface area (Å²) >= 11 is 0. The lowest BCUT2D eigenvalue weighted by molar-refractivity contribution is -0.127. The zero-order valence-corrected chi connectivity index (χ0v) is 17.0. The zero-order chi connectivity index (χ0) is 20.6. The number of para-hydroxylation sites is 2. The van der Waals surface area contributed by atoms with E-state index < -0.39 is 11.3 Å². The summed E-state index contributed by atoms with van der Waals surface area (Å²) in [5.41, 5.74) is 1.17. The number of Topliss-reactive ketones (excluding diaryl/α,β-unsaturated/α-hetero) is 1. The third-order valence-electron chi connectivity index (χ3n) is 5.55. The van der Waals surface area contributed by atoms with Crippen LogP contribution in [0, 0.1) is 18.3 Å². The van der Waals surface area contributed by atoms with E-state index in [1.165, 1.54) is 6.07 Å². The molecule has 0 aliphatic carbocycles. The first-order chi connectivity index (χ1) is 13.2. The highest BCUT2D eigenvalue weighted by Gasteiger charge is 2.50. The molecule has 0 spiro atoms. The predicted molar refractivity (Wildman–Crippen MR) is 109 cm³/mol. The van der Waals surface area contributed by atoms with E-state index in [9.17, 15) is 14.7 Å². The Balaban J connectivity index is 2.08. The molecule has 1 heterocycles. The van der Waals surface area contributed by atoms with Crippen LogP contribution in [-0.4, -0.2) is 29.9 Å². The highest BCUT2D eigenvalue weighted by molar-refractivity contribution is 6.17. The van der Waals surface area contributed by atoms with E-state index in [0.717, 1.165) is 5.56 Å². The van der Waals surface area contributed by atoms with Crippen molar-refractivity contribution in [1.29, 1.82) is 0 Å². The second-order valence-corrected chi connectivity index (χ2v) is 8.24.